The average molecular weight is 234 g/mol. The zero-order valence-electron chi connectivity index (χ0n) is 11.4. The van der Waals surface area contributed by atoms with E-state index in [1.807, 2.05) is 24.6 Å². The largest absolute Gasteiger partial charge is 0.340 e. The molecule has 4 nitrogen and oxygen atoms in total. The lowest BCUT2D eigenvalue weighted by molar-refractivity contribution is 0.302. The molecule has 0 spiro atoms. The van der Waals surface area contributed by atoms with Gasteiger partial charge in [-0.05, 0) is 39.6 Å². The quantitative estimate of drug-likeness (QED) is 0.834. The van der Waals surface area contributed by atoms with Crippen LogP contribution >= 0.6 is 0 Å². The van der Waals surface area contributed by atoms with E-state index in [0.29, 0.717) is 6.04 Å². The average Bonchev–Trinajstić information content (AvgIpc) is 2.56. The Hall–Kier alpha value is -1.31. The van der Waals surface area contributed by atoms with Gasteiger partial charge in [-0.2, -0.15) is 5.26 Å². The molecule has 0 bridgehead atoms. The van der Waals surface area contributed by atoms with Crippen molar-refractivity contribution in [3.63, 3.8) is 0 Å². The van der Waals surface area contributed by atoms with Gasteiger partial charge in [-0.3, -0.25) is 0 Å². The van der Waals surface area contributed by atoms with Crippen molar-refractivity contribution in [1.29, 1.82) is 5.26 Å². The second kappa shape index (κ2) is 5.85. The van der Waals surface area contributed by atoms with Crippen LogP contribution in [-0.4, -0.2) is 36.1 Å². The van der Waals surface area contributed by atoms with E-state index in [1.165, 1.54) is 5.56 Å². The maximum absolute atomic E-state index is 8.94. The highest BCUT2D eigenvalue weighted by atomic mass is 15.1. The molecule has 0 saturated heterocycles. The molecule has 1 unspecified atom stereocenters. The molecule has 1 atom stereocenters. The summed E-state index contributed by atoms with van der Waals surface area (Å²) in [5.41, 5.74) is 3.08. The summed E-state index contributed by atoms with van der Waals surface area (Å²) >= 11 is 0. The van der Waals surface area contributed by atoms with Gasteiger partial charge in [0.1, 0.15) is 11.8 Å². The fraction of sp³-hybridized carbons (Fsp3) is 0.615. The van der Waals surface area contributed by atoms with Crippen LogP contribution in [0, 0.1) is 18.3 Å². The van der Waals surface area contributed by atoms with Crippen molar-refractivity contribution in [2.75, 3.05) is 20.6 Å². The minimum absolute atomic E-state index is 0.509. The SMILES string of the molecule is Cc1c(CNCC(C)N(C)C)cc(C#N)n1C. The lowest BCUT2D eigenvalue weighted by Crippen LogP contribution is -2.35. The summed E-state index contributed by atoms with van der Waals surface area (Å²) in [7, 11) is 6.08. The van der Waals surface area contributed by atoms with Gasteiger partial charge >= 0.3 is 0 Å². The number of hydrogen-bond acceptors (Lipinski definition) is 3. The number of aromatic nitrogens is 1. The number of nitrogens with zero attached hydrogens (tertiary/aromatic N) is 3. The second-order valence-corrected chi connectivity index (χ2v) is 4.75. The Morgan fingerprint density at radius 3 is 2.65 bits per heavy atom. The Bertz CT molecular complexity index is 412. The molecular formula is C13H22N4. The highest BCUT2D eigenvalue weighted by Gasteiger charge is 2.09. The van der Waals surface area contributed by atoms with E-state index in [4.69, 9.17) is 5.26 Å². The number of likely N-dealkylation sites (N-methyl/N-ethyl adjacent to an activating group) is 1. The predicted octanol–water partition coefficient (Wildman–Crippen LogP) is 1.24. The first kappa shape index (κ1) is 13.8. The maximum atomic E-state index is 8.94. The topological polar surface area (TPSA) is 44.0 Å². The predicted molar refractivity (Wildman–Crippen MR) is 69.7 cm³/mol. The number of nitriles is 1. The smallest absolute Gasteiger partial charge is 0.120 e. The highest BCUT2D eigenvalue weighted by Crippen LogP contribution is 2.12. The van der Waals surface area contributed by atoms with Crippen LogP contribution in [0.3, 0.4) is 0 Å². The van der Waals surface area contributed by atoms with Gasteiger partial charge in [0.2, 0.25) is 0 Å². The summed E-state index contributed by atoms with van der Waals surface area (Å²) in [6, 6.07) is 4.67. The van der Waals surface area contributed by atoms with Gasteiger partial charge in [-0.15, -0.1) is 0 Å². The molecule has 1 N–H and O–H groups in total. The van der Waals surface area contributed by atoms with Crippen LogP contribution in [0.2, 0.25) is 0 Å². The molecule has 0 saturated carbocycles. The molecule has 0 aliphatic carbocycles. The summed E-state index contributed by atoms with van der Waals surface area (Å²) in [6.45, 7) is 6.00. The maximum Gasteiger partial charge on any atom is 0.120 e. The molecule has 0 aliphatic rings. The highest BCUT2D eigenvalue weighted by molar-refractivity contribution is 5.33. The fourth-order valence-electron chi connectivity index (χ4n) is 1.65. The van der Waals surface area contributed by atoms with Crippen molar-refractivity contribution in [2.45, 2.75) is 26.4 Å². The van der Waals surface area contributed by atoms with Gasteiger partial charge in [0, 0.05) is 31.9 Å². The second-order valence-electron chi connectivity index (χ2n) is 4.75. The first-order chi connectivity index (χ1) is 7.97. The third kappa shape index (κ3) is 3.32. The Labute approximate surface area is 104 Å². The van der Waals surface area contributed by atoms with Gasteiger partial charge in [0.05, 0.1) is 0 Å². The fourth-order valence-corrected chi connectivity index (χ4v) is 1.65. The van der Waals surface area contributed by atoms with Crippen LogP contribution in [0.4, 0.5) is 0 Å². The standard InChI is InChI=1S/C13H22N4/c1-10(16(3)4)8-15-9-12-6-13(7-14)17(5)11(12)2/h6,10,15H,8-9H2,1-5H3. The monoisotopic (exact) mass is 234 g/mol. The molecule has 0 fully saturated rings. The normalized spacial score (nSPS) is 12.8. The lowest BCUT2D eigenvalue weighted by Gasteiger charge is -2.20. The number of nitrogens with one attached hydrogen (secondary N) is 1. The Kier molecular flexibility index (Phi) is 4.73. The van der Waals surface area contributed by atoms with Gasteiger partial charge in [0.25, 0.3) is 0 Å². The van der Waals surface area contributed by atoms with E-state index in [1.54, 1.807) is 0 Å². The van der Waals surface area contributed by atoms with Crippen molar-refractivity contribution in [2.24, 2.45) is 7.05 Å². The molecule has 0 aromatic carbocycles. The number of rotatable bonds is 5. The van der Waals surface area contributed by atoms with E-state index in [9.17, 15) is 0 Å². The van der Waals surface area contributed by atoms with Crippen LogP contribution < -0.4 is 5.32 Å². The molecule has 0 aliphatic heterocycles. The van der Waals surface area contributed by atoms with Crippen LogP contribution in [0.1, 0.15) is 23.9 Å². The molecule has 1 heterocycles. The van der Waals surface area contributed by atoms with E-state index < -0.39 is 0 Å². The van der Waals surface area contributed by atoms with Crippen molar-refractivity contribution < 1.29 is 0 Å². The van der Waals surface area contributed by atoms with Crippen molar-refractivity contribution >= 4 is 0 Å². The number of hydrogen-bond donors (Lipinski definition) is 1. The first-order valence-electron chi connectivity index (χ1n) is 5.89. The third-order valence-corrected chi connectivity index (χ3v) is 3.39. The summed E-state index contributed by atoms with van der Waals surface area (Å²) in [5.74, 6) is 0. The van der Waals surface area contributed by atoms with E-state index >= 15 is 0 Å². The Balaban J connectivity index is 2.56. The Morgan fingerprint density at radius 1 is 1.53 bits per heavy atom. The van der Waals surface area contributed by atoms with Gasteiger partial charge in [0.15, 0.2) is 0 Å². The van der Waals surface area contributed by atoms with E-state index in [-0.39, 0.29) is 0 Å². The third-order valence-electron chi connectivity index (χ3n) is 3.39. The van der Waals surface area contributed by atoms with Gasteiger partial charge in [-0.25, -0.2) is 0 Å². The lowest BCUT2D eigenvalue weighted by atomic mass is 10.2. The van der Waals surface area contributed by atoms with Crippen LogP contribution in [0.25, 0.3) is 0 Å². The summed E-state index contributed by atoms with van der Waals surface area (Å²) in [6.07, 6.45) is 0. The summed E-state index contributed by atoms with van der Waals surface area (Å²) in [5, 5.41) is 12.4. The van der Waals surface area contributed by atoms with Gasteiger partial charge in [-0.1, -0.05) is 0 Å². The molecule has 1 rings (SSSR count). The van der Waals surface area contributed by atoms with E-state index in [0.717, 1.165) is 24.5 Å². The van der Waals surface area contributed by atoms with Crippen LogP contribution in [-0.2, 0) is 13.6 Å². The zero-order chi connectivity index (χ0) is 13.0. The van der Waals surface area contributed by atoms with Crippen LogP contribution in [0.5, 0.6) is 0 Å². The summed E-state index contributed by atoms with van der Waals surface area (Å²) in [4.78, 5) is 2.19. The molecule has 17 heavy (non-hydrogen) atoms. The van der Waals surface area contributed by atoms with Crippen molar-refractivity contribution in [3.8, 4) is 6.07 Å². The summed E-state index contributed by atoms with van der Waals surface area (Å²) < 4.78 is 1.94. The molecule has 0 radical (unpaired) electrons. The van der Waals surface area contributed by atoms with Crippen molar-refractivity contribution in [1.82, 2.24) is 14.8 Å². The molecule has 4 heteroatoms. The minimum Gasteiger partial charge on any atom is -0.340 e. The molecule has 1 aromatic heterocycles. The minimum atomic E-state index is 0.509. The molecule has 94 valence electrons. The molecule has 1 aromatic rings. The first-order valence-corrected chi connectivity index (χ1v) is 5.89. The van der Waals surface area contributed by atoms with Gasteiger partial charge < -0.3 is 14.8 Å². The zero-order valence-corrected chi connectivity index (χ0v) is 11.4. The molecular weight excluding hydrogens is 212 g/mol. The van der Waals surface area contributed by atoms with E-state index in [2.05, 4.69) is 37.3 Å². The Morgan fingerprint density at radius 2 is 2.18 bits per heavy atom. The van der Waals surface area contributed by atoms with Crippen molar-refractivity contribution in [3.05, 3.63) is 23.0 Å². The molecule has 0 amide bonds. The van der Waals surface area contributed by atoms with Crippen LogP contribution in [0.15, 0.2) is 6.07 Å².